The Morgan fingerprint density at radius 3 is 2.68 bits per heavy atom. The molecular weight excluding hydrogens is 245 g/mol. The number of rotatable bonds is 3. The summed E-state index contributed by atoms with van der Waals surface area (Å²) in [4.78, 5) is 11.4. The number of carbonyl (C=O) groups excluding carboxylic acids is 1. The highest BCUT2D eigenvalue weighted by Gasteiger charge is 2.14. The van der Waals surface area contributed by atoms with Crippen molar-refractivity contribution in [1.29, 1.82) is 0 Å². The Hall–Kier alpha value is -1.84. The van der Waals surface area contributed by atoms with Gasteiger partial charge in [-0.05, 0) is 39.3 Å². The largest absolute Gasteiger partial charge is 0.444 e. The van der Waals surface area contributed by atoms with Crippen LogP contribution in [0.3, 0.4) is 0 Å². The number of ether oxygens (including phenoxy) is 1. The lowest BCUT2D eigenvalue weighted by Gasteiger charge is -2.19. The second-order valence-corrected chi connectivity index (χ2v) is 5.26. The Labute approximate surface area is 113 Å². The van der Waals surface area contributed by atoms with Crippen LogP contribution in [0.5, 0.6) is 0 Å². The summed E-state index contributed by atoms with van der Waals surface area (Å²) in [5, 5.41) is 2.58. The second kappa shape index (κ2) is 6.36. The Balaban J connectivity index is 2.49. The third-order valence-corrected chi connectivity index (χ3v) is 2.32. The first-order chi connectivity index (χ1) is 8.79. The third-order valence-electron chi connectivity index (χ3n) is 2.32. The maximum Gasteiger partial charge on any atom is 0.407 e. The minimum atomic E-state index is -0.518. The molecule has 0 fully saturated rings. The molecule has 1 amide bonds. The van der Waals surface area contributed by atoms with E-state index in [0.717, 1.165) is 5.56 Å². The van der Waals surface area contributed by atoms with Crippen LogP contribution in [0.4, 0.5) is 9.18 Å². The number of amides is 1. The Morgan fingerprint density at radius 1 is 1.42 bits per heavy atom. The molecule has 0 bridgehead atoms. The quantitative estimate of drug-likeness (QED) is 0.905. The number of halogens is 1. The van der Waals surface area contributed by atoms with Gasteiger partial charge in [0, 0.05) is 12.1 Å². The van der Waals surface area contributed by atoms with Crippen LogP contribution in [0.15, 0.2) is 24.3 Å². The van der Waals surface area contributed by atoms with Crippen molar-refractivity contribution in [2.75, 3.05) is 6.54 Å². The van der Waals surface area contributed by atoms with Gasteiger partial charge in [0.25, 0.3) is 0 Å². The molecule has 0 atom stereocenters. The number of nitrogens with one attached hydrogen (secondary N) is 1. The summed E-state index contributed by atoms with van der Waals surface area (Å²) >= 11 is 0. The number of carbonyl (C=O) groups is 1. The zero-order valence-electron chi connectivity index (χ0n) is 11.8. The summed E-state index contributed by atoms with van der Waals surface area (Å²) in [5.41, 5.74) is 0.873. The van der Waals surface area contributed by atoms with Gasteiger partial charge in [0.2, 0.25) is 0 Å². The molecule has 0 saturated heterocycles. The first kappa shape index (κ1) is 15.2. The zero-order valence-corrected chi connectivity index (χ0v) is 11.8. The molecule has 0 aliphatic heterocycles. The highest BCUT2D eigenvalue weighted by atomic mass is 19.1. The second-order valence-electron chi connectivity index (χ2n) is 5.26. The molecule has 0 spiro atoms. The van der Waals surface area contributed by atoms with Gasteiger partial charge < -0.3 is 10.1 Å². The minimum absolute atomic E-state index is 0.270. The van der Waals surface area contributed by atoms with Crippen LogP contribution >= 0.6 is 0 Å². The smallest absolute Gasteiger partial charge is 0.407 e. The number of hydrogen-bond acceptors (Lipinski definition) is 2. The van der Waals surface area contributed by atoms with E-state index < -0.39 is 11.7 Å². The molecular formula is C15H20FNO2. The Morgan fingerprint density at radius 2 is 2.11 bits per heavy atom. The summed E-state index contributed by atoms with van der Waals surface area (Å²) in [6, 6.07) is 4.92. The summed E-state index contributed by atoms with van der Waals surface area (Å²) in [7, 11) is 0. The van der Waals surface area contributed by atoms with E-state index in [9.17, 15) is 9.18 Å². The molecule has 4 heteroatoms. The first-order valence-electron chi connectivity index (χ1n) is 6.18. The monoisotopic (exact) mass is 265 g/mol. The van der Waals surface area contributed by atoms with Gasteiger partial charge in [0.15, 0.2) is 0 Å². The lowest BCUT2D eigenvalue weighted by Crippen LogP contribution is -2.32. The van der Waals surface area contributed by atoms with Crippen molar-refractivity contribution in [3.63, 3.8) is 0 Å². The fourth-order valence-electron chi connectivity index (χ4n) is 1.49. The molecule has 3 nitrogen and oxygen atoms in total. The minimum Gasteiger partial charge on any atom is -0.444 e. The summed E-state index contributed by atoms with van der Waals surface area (Å²) in [6.07, 6.45) is 2.86. The average Bonchev–Trinajstić information content (AvgIpc) is 2.25. The van der Waals surface area contributed by atoms with Crippen LogP contribution < -0.4 is 5.32 Å². The summed E-state index contributed by atoms with van der Waals surface area (Å²) in [6.45, 7) is 7.52. The van der Waals surface area contributed by atoms with Gasteiger partial charge in [0.1, 0.15) is 11.4 Å². The highest BCUT2D eigenvalue weighted by Crippen LogP contribution is 2.14. The molecule has 104 valence electrons. The van der Waals surface area contributed by atoms with Crippen LogP contribution in [-0.4, -0.2) is 18.2 Å². The van der Waals surface area contributed by atoms with E-state index in [-0.39, 0.29) is 5.82 Å². The van der Waals surface area contributed by atoms with Gasteiger partial charge >= 0.3 is 6.09 Å². The summed E-state index contributed by atoms with van der Waals surface area (Å²) < 4.78 is 18.6. The fourth-order valence-corrected chi connectivity index (χ4v) is 1.49. The molecule has 0 unspecified atom stereocenters. The molecule has 0 heterocycles. The van der Waals surface area contributed by atoms with Gasteiger partial charge in [-0.25, -0.2) is 9.18 Å². The van der Waals surface area contributed by atoms with Gasteiger partial charge in [-0.2, -0.15) is 0 Å². The van der Waals surface area contributed by atoms with E-state index in [1.54, 1.807) is 39.0 Å². The predicted molar refractivity (Wildman–Crippen MR) is 74.4 cm³/mol. The van der Waals surface area contributed by atoms with Gasteiger partial charge in [-0.15, -0.1) is 0 Å². The molecule has 0 aliphatic rings. The van der Waals surface area contributed by atoms with Gasteiger partial charge in [-0.3, -0.25) is 0 Å². The van der Waals surface area contributed by atoms with Crippen molar-refractivity contribution >= 4 is 12.2 Å². The Bertz CT molecular complexity index is 455. The van der Waals surface area contributed by atoms with Crippen LogP contribution in [0.2, 0.25) is 0 Å². The van der Waals surface area contributed by atoms with E-state index in [0.29, 0.717) is 12.1 Å². The van der Waals surface area contributed by atoms with Crippen LogP contribution in [-0.2, 0) is 4.74 Å². The van der Waals surface area contributed by atoms with Crippen LogP contribution in [0.1, 0.15) is 31.9 Å². The maximum atomic E-state index is 13.5. The fraction of sp³-hybridized carbons (Fsp3) is 0.400. The van der Waals surface area contributed by atoms with Crippen LogP contribution in [0, 0.1) is 12.7 Å². The Kier molecular flexibility index (Phi) is 5.10. The molecule has 0 aliphatic carbocycles. The third kappa shape index (κ3) is 5.55. The first-order valence-corrected chi connectivity index (χ1v) is 6.18. The maximum absolute atomic E-state index is 13.5. The van der Waals surface area contributed by atoms with E-state index >= 15 is 0 Å². The van der Waals surface area contributed by atoms with Crippen molar-refractivity contribution in [1.82, 2.24) is 5.32 Å². The van der Waals surface area contributed by atoms with Crippen molar-refractivity contribution in [3.05, 3.63) is 41.2 Å². The molecule has 0 radical (unpaired) electrons. The topological polar surface area (TPSA) is 38.3 Å². The van der Waals surface area contributed by atoms with Crippen molar-refractivity contribution < 1.29 is 13.9 Å². The van der Waals surface area contributed by atoms with E-state index in [1.165, 1.54) is 6.07 Å². The lowest BCUT2D eigenvalue weighted by molar-refractivity contribution is 0.0534. The molecule has 1 N–H and O–H groups in total. The molecule has 19 heavy (non-hydrogen) atoms. The summed E-state index contributed by atoms with van der Waals surface area (Å²) in [5.74, 6) is -0.270. The van der Waals surface area contributed by atoms with E-state index in [4.69, 9.17) is 4.74 Å². The molecule has 1 aromatic rings. The van der Waals surface area contributed by atoms with Gasteiger partial charge in [-0.1, -0.05) is 24.3 Å². The number of hydrogen-bond donors (Lipinski definition) is 1. The van der Waals surface area contributed by atoms with E-state index in [1.807, 2.05) is 13.0 Å². The SMILES string of the molecule is Cc1cccc(F)c1C=CCNC(=O)OC(C)(C)C. The molecule has 1 aromatic carbocycles. The number of benzene rings is 1. The molecule has 0 aromatic heterocycles. The molecule has 0 saturated carbocycles. The van der Waals surface area contributed by atoms with Crippen molar-refractivity contribution in [2.24, 2.45) is 0 Å². The lowest BCUT2D eigenvalue weighted by atomic mass is 10.1. The van der Waals surface area contributed by atoms with Crippen molar-refractivity contribution in [2.45, 2.75) is 33.3 Å². The zero-order chi connectivity index (χ0) is 14.5. The average molecular weight is 265 g/mol. The predicted octanol–water partition coefficient (Wildman–Crippen LogP) is 3.67. The normalized spacial score (nSPS) is 11.6. The number of alkyl carbamates (subject to hydrolysis) is 1. The van der Waals surface area contributed by atoms with Gasteiger partial charge in [0.05, 0.1) is 0 Å². The number of aryl methyl sites for hydroxylation is 1. The van der Waals surface area contributed by atoms with E-state index in [2.05, 4.69) is 5.32 Å². The highest BCUT2D eigenvalue weighted by molar-refractivity contribution is 5.68. The van der Waals surface area contributed by atoms with Crippen molar-refractivity contribution in [3.8, 4) is 0 Å². The van der Waals surface area contributed by atoms with Crippen LogP contribution in [0.25, 0.3) is 6.08 Å². The molecule has 1 rings (SSSR count). The standard InChI is InChI=1S/C15H20FNO2/c1-11-7-5-9-13(16)12(11)8-6-10-17-14(18)19-15(2,3)4/h5-9H,10H2,1-4H3,(H,17,18).